The third-order valence-electron chi connectivity index (χ3n) is 1.53. The van der Waals surface area contributed by atoms with Crippen molar-refractivity contribution in [2.45, 2.75) is 10.1 Å². The highest BCUT2D eigenvalue weighted by atomic mass is 79.9. The van der Waals surface area contributed by atoms with E-state index in [4.69, 9.17) is 0 Å². The Bertz CT molecular complexity index is 480. The van der Waals surface area contributed by atoms with Gasteiger partial charge in [0.25, 0.3) is 0 Å². The Kier molecular flexibility index (Phi) is 3.27. The number of nitrogens with zero attached hydrogens (tertiary/aromatic N) is 3. The van der Waals surface area contributed by atoms with E-state index in [-0.39, 0.29) is 0 Å². The van der Waals surface area contributed by atoms with Gasteiger partial charge in [0.15, 0.2) is 0 Å². The van der Waals surface area contributed by atoms with Crippen LogP contribution >= 0.6 is 27.7 Å². The van der Waals surface area contributed by atoms with Gasteiger partial charge in [-0.05, 0) is 39.8 Å². The van der Waals surface area contributed by atoms with Crippen molar-refractivity contribution < 1.29 is 4.39 Å². The van der Waals surface area contributed by atoms with Gasteiger partial charge in [-0.1, -0.05) is 0 Å². The molecule has 0 aromatic carbocycles. The third kappa shape index (κ3) is 2.73. The molecule has 0 aliphatic heterocycles. The highest BCUT2D eigenvalue weighted by Crippen LogP contribution is 2.29. The van der Waals surface area contributed by atoms with Crippen LogP contribution in [0.15, 0.2) is 45.2 Å². The molecule has 0 bridgehead atoms. The Morgan fingerprint density at radius 1 is 1.27 bits per heavy atom. The highest BCUT2D eigenvalue weighted by molar-refractivity contribution is 9.10. The maximum atomic E-state index is 12.8. The first-order valence-corrected chi connectivity index (χ1v) is 5.62. The van der Waals surface area contributed by atoms with Crippen LogP contribution in [0, 0.1) is 5.95 Å². The summed E-state index contributed by atoms with van der Waals surface area (Å²) in [5, 5.41) is 1.28. The van der Waals surface area contributed by atoms with Crippen LogP contribution in [0.5, 0.6) is 0 Å². The lowest BCUT2D eigenvalue weighted by atomic mass is 10.5. The zero-order valence-electron chi connectivity index (χ0n) is 7.39. The third-order valence-corrected chi connectivity index (χ3v) is 3.39. The number of hydrogen-bond donors (Lipinski definition) is 0. The quantitative estimate of drug-likeness (QED) is 0.796. The Balaban J connectivity index is 2.26. The van der Waals surface area contributed by atoms with E-state index in [2.05, 4.69) is 30.9 Å². The predicted molar refractivity (Wildman–Crippen MR) is 58.1 cm³/mol. The first-order valence-electron chi connectivity index (χ1n) is 4.01. The second-order valence-electron chi connectivity index (χ2n) is 2.57. The maximum absolute atomic E-state index is 12.8. The molecule has 0 atom stereocenters. The molecule has 2 aromatic rings. The average Bonchev–Trinajstić information content (AvgIpc) is 2.22. The van der Waals surface area contributed by atoms with E-state index >= 15 is 0 Å². The molecule has 2 heterocycles. The van der Waals surface area contributed by atoms with E-state index in [1.165, 1.54) is 24.2 Å². The molecule has 76 valence electrons. The molecule has 0 N–H and O–H groups in total. The fraction of sp³-hybridized carbons (Fsp3) is 0. The van der Waals surface area contributed by atoms with Gasteiger partial charge < -0.3 is 0 Å². The Hall–Kier alpha value is -1.01. The first-order chi connectivity index (χ1) is 7.25. The summed E-state index contributed by atoms with van der Waals surface area (Å²) >= 11 is 4.63. The SMILES string of the molecule is Fc1cc(Sc2ncccc2Br)ncn1. The van der Waals surface area contributed by atoms with E-state index in [0.717, 1.165) is 9.50 Å². The van der Waals surface area contributed by atoms with E-state index in [9.17, 15) is 4.39 Å². The summed E-state index contributed by atoms with van der Waals surface area (Å²) in [6.45, 7) is 0. The van der Waals surface area contributed by atoms with Gasteiger partial charge in [-0.3, -0.25) is 0 Å². The zero-order chi connectivity index (χ0) is 10.7. The van der Waals surface area contributed by atoms with Crippen molar-refractivity contribution in [3.63, 3.8) is 0 Å². The number of rotatable bonds is 2. The van der Waals surface area contributed by atoms with Crippen LogP contribution in [0.3, 0.4) is 0 Å². The lowest BCUT2D eigenvalue weighted by Crippen LogP contribution is -1.88. The van der Waals surface area contributed by atoms with E-state index in [0.29, 0.717) is 5.03 Å². The minimum atomic E-state index is -0.542. The van der Waals surface area contributed by atoms with Crippen molar-refractivity contribution >= 4 is 27.7 Å². The summed E-state index contributed by atoms with van der Waals surface area (Å²) in [5.41, 5.74) is 0. The van der Waals surface area contributed by atoms with Crippen molar-refractivity contribution in [1.82, 2.24) is 15.0 Å². The van der Waals surface area contributed by atoms with Crippen molar-refractivity contribution in [1.29, 1.82) is 0 Å². The summed E-state index contributed by atoms with van der Waals surface area (Å²) in [7, 11) is 0. The van der Waals surface area contributed by atoms with E-state index in [1.807, 2.05) is 12.1 Å². The minimum absolute atomic E-state index is 0.530. The standard InChI is InChI=1S/C9H5BrFN3S/c10-6-2-1-3-12-9(6)15-8-4-7(11)13-5-14-8/h1-5H. The fourth-order valence-electron chi connectivity index (χ4n) is 0.919. The average molecular weight is 286 g/mol. The number of hydrogen-bond acceptors (Lipinski definition) is 4. The van der Waals surface area contributed by atoms with Crippen molar-refractivity contribution in [3.8, 4) is 0 Å². The number of aromatic nitrogens is 3. The smallest absolute Gasteiger partial charge is 0.217 e. The molecule has 2 aromatic heterocycles. The van der Waals surface area contributed by atoms with Crippen molar-refractivity contribution in [2.24, 2.45) is 0 Å². The van der Waals surface area contributed by atoms with Gasteiger partial charge >= 0.3 is 0 Å². The zero-order valence-corrected chi connectivity index (χ0v) is 9.80. The summed E-state index contributed by atoms with van der Waals surface area (Å²) in [4.78, 5) is 11.4. The largest absolute Gasteiger partial charge is 0.248 e. The Morgan fingerprint density at radius 2 is 2.13 bits per heavy atom. The molecule has 0 fully saturated rings. The molecule has 0 spiro atoms. The molecule has 0 unspecified atom stereocenters. The van der Waals surface area contributed by atoms with Gasteiger partial charge in [-0.15, -0.1) is 0 Å². The lowest BCUT2D eigenvalue weighted by Gasteiger charge is -2.01. The van der Waals surface area contributed by atoms with Gasteiger partial charge in [0.2, 0.25) is 5.95 Å². The molecule has 0 radical (unpaired) electrons. The second kappa shape index (κ2) is 4.67. The van der Waals surface area contributed by atoms with Gasteiger partial charge in [-0.2, -0.15) is 4.39 Å². The van der Waals surface area contributed by atoms with Crippen molar-refractivity contribution in [2.75, 3.05) is 0 Å². The predicted octanol–water partition coefficient (Wildman–Crippen LogP) is 2.92. The van der Waals surface area contributed by atoms with Crippen LogP contribution in [0.2, 0.25) is 0 Å². The number of halogens is 2. The van der Waals surface area contributed by atoms with Crippen LogP contribution < -0.4 is 0 Å². The normalized spacial score (nSPS) is 10.3. The summed E-state index contributed by atoms with van der Waals surface area (Å²) in [5.74, 6) is -0.542. The van der Waals surface area contributed by atoms with Crippen LogP contribution in [0.25, 0.3) is 0 Å². The van der Waals surface area contributed by atoms with Gasteiger partial charge in [-0.25, -0.2) is 15.0 Å². The Labute approximate surface area is 98.3 Å². The molecule has 6 heteroatoms. The minimum Gasteiger partial charge on any atom is -0.248 e. The van der Waals surface area contributed by atoms with Crippen LogP contribution in [0.1, 0.15) is 0 Å². The second-order valence-corrected chi connectivity index (χ2v) is 4.43. The van der Waals surface area contributed by atoms with Crippen LogP contribution in [-0.4, -0.2) is 15.0 Å². The fourth-order valence-corrected chi connectivity index (χ4v) is 2.15. The monoisotopic (exact) mass is 285 g/mol. The summed E-state index contributed by atoms with van der Waals surface area (Å²) in [6, 6.07) is 4.95. The van der Waals surface area contributed by atoms with Crippen LogP contribution in [0.4, 0.5) is 4.39 Å². The highest BCUT2D eigenvalue weighted by Gasteiger charge is 2.05. The molecule has 0 aliphatic rings. The van der Waals surface area contributed by atoms with Gasteiger partial charge in [0, 0.05) is 12.3 Å². The molecule has 0 amide bonds. The van der Waals surface area contributed by atoms with Crippen molar-refractivity contribution in [3.05, 3.63) is 41.1 Å². The molecule has 15 heavy (non-hydrogen) atoms. The van der Waals surface area contributed by atoms with E-state index in [1.54, 1.807) is 6.20 Å². The molecule has 3 nitrogen and oxygen atoms in total. The number of pyridine rings is 1. The topological polar surface area (TPSA) is 38.7 Å². The molecule has 2 rings (SSSR count). The van der Waals surface area contributed by atoms with Gasteiger partial charge in [0.05, 0.1) is 4.47 Å². The van der Waals surface area contributed by atoms with Crippen LogP contribution in [-0.2, 0) is 0 Å². The van der Waals surface area contributed by atoms with E-state index < -0.39 is 5.95 Å². The molecule has 0 aliphatic carbocycles. The summed E-state index contributed by atoms with van der Waals surface area (Å²) in [6.07, 6.45) is 2.86. The molecule has 0 saturated carbocycles. The van der Waals surface area contributed by atoms with Gasteiger partial charge in [0.1, 0.15) is 16.4 Å². The molecular formula is C9H5BrFN3S. The Morgan fingerprint density at radius 3 is 2.87 bits per heavy atom. The molecule has 0 saturated heterocycles. The maximum Gasteiger partial charge on any atom is 0.217 e. The first kappa shape index (κ1) is 10.5. The summed E-state index contributed by atoms with van der Waals surface area (Å²) < 4.78 is 13.6. The lowest BCUT2D eigenvalue weighted by molar-refractivity contribution is 0.572. The molecular weight excluding hydrogens is 281 g/mol.